The van der Waals surface area contributed by atoms with Crippen LogP contribution >= 0.6 is 0 Å². The maximum Gasteiger partial charge on any atom is 0.296 e. The van der Waals surface area contributed by atoms with Crippen LogP contribution in [-0.2, 0) is 0 Å². The van der Waals surface area contributed by atoms with E-state index in [1.165, 1.54) is 0 Å². The standard InChI is InChI=1S/C9H8FN3O3/c10-5-3-6-8(7(4-5)13(15)16)11-1-2-12-9(6)14/h3-4,11H,1-2H2,(H,12,14). The monoisotopic (exact) mass is 225 g/mol. The molecule has 1 aromatic rings. The number of hydrogen-bond donors (Lipinski definition) is 2. The molecule has 0 spiro atoms. The van der Waals surface area contributed by atoms with Crippen LogP contribution in [0.1, 0.15) is 10.4 Å². The lowest BCUT2D eigenvalue weighted by Gasteiger charge is -2.06. The number of rotatable bonds is 1. The molecule has 1 amide bonds. The van der Waals surface area contributed by atoms with Gasteiger partial charge in [-0.15, -0.1) is 0 Å². The van der Waals surface area contributed by atoms with Crippen LogP contribution in [0.4, 0.5) is 15.8 Å². The summed E-state index contributed by atoms with van der Waals surface area (Å²) >= 11 is 0. The maximum atomic E-state index is 13.1. The first-order valence-corrected chi connectivity index (χ1v) is 4.59. The molecule has 0 aromatic heterocycles. The first-order chi connectivity index (χ1) is 7.59. The van der Waals surface area contributed by atoms with Crippen LogP contribution in [0, 0.1) is 15.9 Å². The minimum Gasteiger partial charge on any atom is -0.377 e. The van der Waals surface area contributed by atoms with E-state index >= 15 is 0 Å². The van der Waals surface area contributed by atoms with Gasteiger partial charge in [0.05, 0.1) is 16.6 Å². The molecule has 7 heteroatoms. The SMILES string of the molecule is O=C1NCCNc2c1cc(F)cc2[N+](=O)[O-]. The highest BCUT2D eigenvalue weighted by Gasteiger charge is 2.25. The lowest BCUT2D eigenvalue weighted by Crippen LogP contribution is -2.24. The van der Waals surface area contributed by atoms with Crippen LogP contribution in [0.5, 0.6) is 0 Å². The number of halogens is 1. The number of amides is 1. The highest BCUT2D eigenvalue weighted by molar-refractivity contribution is 6.02. The minimum absolute atomic E-state index is 0.0378. The van der Waals surface area contributed by atoms with Gasteiger partial charge in [0.1, 0.15) is 11.5 Å². The van der Waals surface area contributed by atoms with Crippen molar-refractivity contribution in [1.82, 2.24) is 5.32 Å². The number of fused-ring (bicyclic) bond motifs is 1. The minimum atomic E-state index is -0.802. The zero-order valence-corrected chi connectivity index (χ0v) is 8.12. The van der Waals surface area contributed by atoms with E-state index in [-0.39, 0.29) is 11.3 Å². The summed E-state index contributed by atoms with van der Waals surface area (Å²) in [6.07, 6.45) is 0. The van der Waals surface area contributed by atoms with Crippen molar-refractivity contribution in [3.63, 3.8) is 0 Å². The Morgan fingerprint density at radius 2 is 2.00 bits per heavy atom. The van der Waals surface area contributed by atoms with Gasteiger partial charge in [-0.1, -0.05) is 0 Å². The molecule has 0 fully saturated rings. The molecule has 1 aromatic carbocycles. The summed E-state index contributed by atoms with van der Waals surface area (Å²) in [6, 6.07) is 1.78. The molecule has 16 heavy (non-hydrogen) atoms. The topological polar surface area (TPSA) is 84.3 Å². The van der Waals surface area contributed by atoms with E-state index in [2.05, 4.69) is 10.6 Å². The van der Waals surface area contributed by atoms with E-state index in [4.69, 9.17) is 0 Å². The van der Waals surface area contributed by atoms with Gasteiger partial charge in [-0.05, 0) is 6.07 Å². The molecular formula is C9H8FN3O3. The molecule has 0 saturated heterocycles. The van der Waals surface area contributed by atoms with Gasteiger partial charge in [-0.2, -0.15) is 0 Å². The average Bonchev–Trinajstić information content (AvgIpc) is 2.40. The zero-order valence-electron chi connectivity index (χ0n) is 8.12. The molecule has 1 heterocycles. The Bertz CT molecular complexity index is 475. The van der Waals surface area contributed by atoms with Crippen molar-refractivity contribution in [1.29, 1.82) is 0 Å². The van der Waals surface area contributed by atoms with Crippen LogP contribution in [0.25, 0.3) is 0 Å². The predicted octanol–water partition coefficient (Wildman–Crippen LogP) is 0.889. The van der Waals surface area contributed by atoms with Crippen molar-refractivity contribution in [3.05, 3.63) is 33.6 Å². The molecule has 0 aliphatic carbocycles. The van der Waals surface area contributed by atoms with Crippen molar-refractivity contribution < 1.29 is 14.1 Å². The van der Waals surface area contributed by atoms with Crippen molar-refractivity contribution in [2.24, 2.45) is 0 Å². The normalized spacial score (nSPS) is 14.4. The number of hydrogen-bond acceptors (Lipinski definition) is 4. The molecule has 2 N–H and O–H groups in total. The van der Waals surface area contributed by atoms with E-state index in [0.29, 0.717) is 13.1 Å². The van der Waals surface area contributed by atoms with Gasteiger partial charge in [-0.3, -0.25) is 14.9 Å². The number of nitro groups is 1. The second-order valence-corrected chi connectivity index (χ2v) is 3.29. The van der Waals surface area contributed by atoms with Gasteiger partial charge < -0.3 is 10.6 Å². The number of benzene rings is 1. The third kappa shape index (κ3) is 1.67. The van der Waals surface area contributed by atoms with Gasteiger partial charge >= 0.3 is 0 Å². The summed E-state index contributed by atoms with van der Waals surface area (Å²) < 4.78 is 13.1. The summed E-state index contributed by atoms with van der Waals surface area (Å²) in [5.41, 5.74) is -0.391. The van der Waals surface area contributed by atoms with Gasteiger partial charge in [0.25, 0.3) is 11.6 Å². The summed E-state index contributed by atoms with van der Waals surface area (Å²) in [6.45, 7) is 0.706. The van der Waals surface area contributed by atoms with Gasteiger partial charge in [0, 0.05) is 13.1 Å². The second-order valence-electron chi connectivity index (χ2n) is 3.29. The van der Waals surface area contributed by atoms with Crippen LogP contribution in [0.2, 0.25) is 0 Å². The Labute approximate surface area is 89.6 Å². The smallest absolute Gasteiger partial charge is 0.296 e. The Kier molecular flexibility index (Phi) is 2.43. The third-order valence-electron chi connectivity index (χ3n) is 2.24. The van der Waals surface area contributed by atoms with E-state index in [1.807, 2.05) is 0 Å². The number of anilines is 1. The highest BCUT2D eigenvalue weighted by atomic mass is 19.1. The Morgan fingerprint density at radius 3 is 2.69 bits per heavy atom. The van der Waals surface area contributed by atoms with Crippen LogP contribution < -0.4 is 10.6 Å². The fourth-order valence-corrected chi connectivity index (χ4v) is 1.56. The zero-order chi connectivity index (χ0) is 11.7. The summed E-state index contributed by atoms with van der Waals surface area (Å²) in [5, 5.41) is 16.0. The molecule has 2 rings (SSSR count). The maximum absolute atomic E-state index is 13.1. The largest absolute Gasteiger partial charge is 0.377 e. The van der Waals surface area contributed by atoms with Crippen LogP contribution in [0.15, 0.2) is 12.1 Å². The number of carbonyl (C=O) groups excluding carboxylic acids is 1. The molecule has 0 bridgehead atoms. The van der Waals surface area contributed by atoms with Crippen LogP contribution in [-0.4, -0.2) is 23.9 Å². The number of nitrogens with one attached hydrogen (secondary N) is 2. The molecular weight excluding hydrogens is 217 g/mol. The van der Waals surface area contributed by atoms with Crippen molar-refractivity contribution >= 4 is 17.3 Å². The number of nitrogens with zero attached hydrogens (tertiary/aromatic N) is 1. The molecule has 1 aliphatic rings. The van der Waals surface area contributed by atoms with Gasteiger partial charge in [-0.25, -0.2) is 4.39 Å². The van der Waals surface area contributed by atoms with Crippen molar-refractivity contribution in [3.8, 4) is 0 Å². The predicted molar refractivity (Wildman–Crippen MR) is 53.9 cm³/mol. The summed E-state index contributed by atoms with van der Waals surface area (Å²) in [7, 11) is 0. The molecule has 0 atom stereocenters. The third-order valence-corrected chi connectivity index (χ3v) is 2.24. The van der Waals surface area contributed by atoms with E-state index in [1.54, 1.807) is 0 Å². The number of carbonyl (C=O) groups is 1. The lowest BCUT2D eigenvalue weighted by molar-refractivity contribution is -0.384. The molecule has 6 nitrogen and oxygen atoms in total. The molecule has 0 unspecified atom stereocenters. The Hall–Kier alpha value is -2.18. The summed E-state index contributed by atoms with van der Waals surface area (Å²) in [5.74, 6) is -1.31. The molecule has 0 saturated carbocycles. The Balaban J connectivity index is 2.65. The van der Waals surface area contributed by atoms with E-state index < -0.39 is 22.3 Å². The fraction of sp³-hybridized carbons (Fsp3) is 0.222. The first-order valence-electron chi connectivity index (χ1n) is 4.59. The average molecular weight is 225 g/mol. The van der Waals surface area contributed by atoms with Gasteiger partial charge in [0.2, 0.25) is 0 Å². The van der Waals surface area contributed by atoms with Crippen molar-refractivity contribution in [2.75, 3.05) is 18.4 Å². The van der Waals surface area contributed by atoms with E-state index in [0.717, 1.165) is 12.1 Å². The van der Waals surface area contributed by atoms with Crippen molar-refractivity contribution in [2.45, 2.75) is 0 Å². The quantitative estimate of drug-likeness (QED) is 0.549. The summed E-state index contributed by atoms with van der Waals surface area (Å²) in [4.78, 5) is 21.5. The molecule has 0 radical (unpaired) electrons. The van der Waals surface area contributed by atoms with E-state index in [9.17, 15) is 19.3 Å². The first kappa shape index (κ1) is 10.3. The highest BCUT2D eigenvalue weighted by Crippen LogP contribution is 2.30. The fourth-order valence-electron chi connectivity index (χ4n) is 1.56. The molecule has 1 aliphatic heterocycles. The van der Waals surface area contributed by atoms with Crippen LogP contribution in [0.3, 0.4) is 0 Å². The number of nitro benzene ring substituents is 1. The molecule has 84 valence electrons. The lowest BCUT2D eigenvalue weighted by atomic mass is 10.1. The second kappa shape index (κ2) is 3.76. The van der Waals surface area contributed by atoms with Gasteiger partial charge in [0.15, 0.2) is 0 Å². The Morgan fingerprint density at radius 1 is 1.31 bits per heavy atom.